The van der Waals surface area contributed by atoms with Crippen LogP contribution in [0.4, 0.5) is 5.13 Å². The number of aromatic nitrogens is 1. The van der Waals surface area contributed by atoms with Crippen LogP contribution in [-0.4, -0.2) is 28.7 Å². The number of hydrogen-bond acceptors (Lipinski definition) is 6. The number of thiazole rings is 1. The molecule has 0 amide bonds. The smallest absolute Gasteiger partial charge is 0.205 e. The van der Waals surface area contributed by atoms with Crippen LogP contribution >= 0.6 is 11.3 Å². The molecule has 0 bridgehead atoms. The zero-order valence-electron chi connectivity index (χ0n) is 12.4. The van der Waals surface area contributed by atoms with E-state index in [9.17, 15) is 5.11 Å². The number of fused-ring (bicyclic) bond motifs is 1. The van der Waals surface area contributed by atoms with Gasteiger partial charge in [0.15, 0.2) is 5.13 Å². The molecule has 1 aromatic heterocycles. The predicted octanol–water partition coefficient (Wildman–Crippen LogP) is 2.90. The lowest BCUT2D eigenvalue weighted by atomic mass is 10.2. The zero-order valence-corrected chi connectivity index (χ0v) is 13.3. The minimum Gasteiger partial charge on any atom is -0.391 e. The van der Waals surface area contributed by atoms with E-state index in [1.807, 2.05) is 35.7 Å². The Labute approximate surface area is 134 Å². The highest BCUT2D eigenvalue weighted by Crippen LogP contribution is 2.30. The van der Waals surface area contributed by atoms with Crippen molar-refractivity contribution in [2.45, 2.75) is 25.9 Å². The van der Waals surface area contributed by atoms with Gasteiger partial charge in [-0.25, -0.2) is 9.98 Å². The normalized spacial score (nSPS) is 15.9. The number of benzene rings is 1. The summed E-state index contributed by atoms with van der Waals surface area (Å²) < 4.78 is 1.14. The third kappa shape index (κ3) is 3.28. The Balaban J connectivity index is 1.76. The van der Waals surface area contributed by atoms with Gasteiger partial charge >= 0.3 is 0 Å². The summed E-state index contributed by atoms with van der Waals surface area (Å²) in [5, 5.41) is 13.9. The summed E-state index contributed by atoms with van der Waals surface area (Å²) in [5.41, 5.74) is 0.982. The molecule has 1 atom stereocenters. The predicted molar refractivity (Wildman–Crippen MR) is 91.9 cm³/mol. The molecule has 5 nitrogen and oxygen atoms in total. The molecule has 1 unspecified atom stereocenters. The van der Waals surface area contributed by atoms with Gasteiger partial charge in [-0.2, -0.15) is 0 Å². The molecule has 2 heterocycles. The summed E-state index contributed by atoms with van der Waals surface area (Å²) in [4.78, 5) is 10.9. The van der Waals surface area contributed by atoms with E-state index in [0.29, 0.717) is 12.5 Å². The van der Waals surface area contributed by atoms with Crippen LogP contribution in [0.3, 0.4) is 0 Å². The fourth-order valence-corrected chi connectivity index (χ4v) is 3.21. The van der Waals surface area contributed by atoms with Crippen molar-refractivity contribution in [3.8, 4) is 0 Å². The minimum atomic E-state index is -0.365. The van der Waals surface area contributed by atoms with Crippen LogP contribution in [0.1, 0.15) is 19.8 Å². The maximum atomic E-state index is 9.87. The molecule has 2 aromatic rings. The Hall–Kier alpha value is -1.92. The summed E-state index contributed by atoms with van der Waals surface area (Å²) >= 11 is 1.62. The number of aliphatic imine (C=N–C) groups is 1. The van der Waals surface area contributed by atoms with Crippen molar-refractivity contribution in [2.75, 3.05) is 11.4 Å². The quantitative estimate of drug-likeness (QED) is 0.890. The molecule has 0 saturated carbocycles. The SMILES string of the molecule is CCCC(O)CNC1=NC=C[CH]N1c1nc2ccccc2s1. The maximum Gasteiger partial charge on any atom is 0.205 e. The maximum absolute atomic E-state index is 9.87. The molecule has 115 valence electrons. The standard InChI is InChI=1S/C16H19N4OS/c1-2-6-12(21)11-18-15-17-9-5-10-20(15)16-19-13-7-3-4-8-14(13)22-16/h3-5,7-10,12,21H,2,6,11H2,1H3,(H,17,18). The van der Waals surface area contributed by atoms with Gasteiger partial charge < -0.3 is 10.4 Å². The number of aliphatic hydroxyl groups excluding tert-OH is 1. The Morgan fingerprint density at radius 3 is 3.05 bits per heavy atom. The van der Waals surface area contributed by atoms with Gasteiger partial charge in [0.1, 0.15) is 0 Å². The fraction of sp³-hybridized carbons (Fsp3) is 0.312. The second-order valence-electron chi connectivity index (χ2n) is 5.10. The third-order valence-corrected chi connectivity index (χ3v) is 4.39. The first-order valence-corrected chi connectivity index (χ1v) is 8.24. The molecule has 6 heteroatoms. The van der Waals surface area contributed by atoms with E-state index in [1.165, 1.54) is 0 Å². The molecule has 0 fully saturated rings. The average molecular weight is 315 g/mol. The van der Waals surface area contributed by atoms with Crippen molar-refractivity contribution in [3.63, 3.8) is 0 Å². The number of rotatable bonds is 5. The van der Waals surface area contributed by atoms with Crippen molar-refractivity contribution in [3.05, 3.63) is 43.1 Å². The topological polar surface area (TPSA) is 60.8 Å². The van der Waals surface area contributed by atoms with Crippen molar-refractivity contribution in [1.82, 2.24) is 10.3 Å². The number of nitrogens with zero attached hydrogens (tertiary/aromatic N) is 3. The summed E-state index contributed by atoms with van der Waals surface area (Å²) in [6.07, 6.45) is 4.98. The highest BCUT2D eigenvalue weighted by Gasteiger charge is 2.19. The monoisotopic (exact) mass is 315 g/mol. The zero-order chi connectivity index (χ0) is 15.4. The second kappa shape index (κ2) is 6.89. The van der Waals surface area contributed by atoms with Crippen LogP contribution in [0.5, 0.6) is 0 Å². The number of hydrogen-bond donors (Lipinski definition) is 2. The first kappa shape index (κ1) is 15.0. The average Bonchev–Trinajstić information content (AvgIpc) is 2.97. The van der Waals surface area contributed by atoms with Gasteiger partial charge in [0.25, 0.3) is 0 Å². The van der Waals surface area contributed by atoms with Gasteiger partial charge in [-0.3, -0.25) is 4.90 Å². The number of guanidine groups is 1. The summed E-state index contributed by atoms with van der Waals surface area (Å²) in [6.45, 7) is 4.47. The number of nitrogens with one attached hydrogen (secondary N) is 1. The summed E-state index contributed by atoms with van der Waals surface area (Å²) in [7, 11) is 0. The van der Waals surface area contributed by atoms with Gasteiger partial charge in [0.05, 0.1) is 22.9 Å². The molecular formula is C16H19N4OS. The molecule has 1 aliphatic heterocycles. The van der Waals surface area contributed by atoms with E-state index >= 15 is 0 Å². The van der Waals surface area contributed by atoms with E-state index in [4.69, 9.17) is 0 Å². The van der Waals surface area contributed by atoms with Crippen LogP contribution in [0.2, 0.25) is 0 Å². The van der Waals surface area contributed by atoms with Crippen molar-refractivity contribution in [2.24, 2.45) is 4.99 Å². The van der Waals surface area contributed by atoms with E-state index in [2.05, 4.69) is 28.3 Å². The van der Waals surface area contributed by atoms with E-state index in [0.717, 1.165) is 28.2 Å². The number of para-hydroxylation sites is 1. The molecule has 2 N–H and O–H groups in total. The van der Waals surface area contributed by atoms with Crippen LogP contribution in [-0.2, 0) is 0 Å². The molecule has 22 heavy (non-hydrogen) atoms. The summed E-state index contributed by atoms with van der Waals surface area (Å²) in [5.74, 6) is 0.691. The largest absolute Gasteiger partial charge is 0.391 e. The molecule has 1 radical (unpaired) electrons. The van der Waals surface area contributed by atoms with E-state index in [-0.39, 0.29) is 6.10 Å². The minimum absolute atomic E-state index is 0.365. The fourth-order valence-electron chi connectivity index (χ4n) is 2.26. The van der Waals surface area contributed by atoms with Crippen molar-refractivity contribution < 1.29 is 5.11 Å². The van der Waals surface area contributed by atoms with Crippen molar-refractivity contribution in [1.29, 1.82) is 0 Å². The van der Waals surface area contributed by atoms with Crippen LogP contribution in [0.15, 0.2) is 41.5 Å². The second-order valence-corrected chi connectivity index (χ2v) is 6.11. The Bertz CT molecular complexity index is 661. The molecule has 0 spiro atoms. The Kier molecular flexibility index (Phi) is 4.70. The summed E-state index contributed by atoms with van der Waals surface area (Å²) in [6, 6.07) is 8.06. The first-order valence-electron chi connectivity index (χ1n) is 7.42. The molecule has 1 aromatic carbocycles. The Morgan fingerprint density at radius 1 is 1.36 bits per heavy atom. The van der Waals surface area contributed by atoms with E-state index in [1.54, 1.807) is 17.5 Å². The number of anilines is 1. The molecule has 1 aliphatic rings. The van der Waals surface area contributed by atoms with Crippen LogP contribution < -0.4 is 10.2 Å². The molecule has 3 rings (SSSR count). The highest BCUT2D eigenvalue weighted by molar-refractivity contribution is 7.22. The highest BCUT2D eigenvalue weighted by atomic mass is 32.1. The van der Waals surface area contributed by atoms with E-state index < -0.39 is 0 Å². The number of aliphatic hydroxyl groups is 1. The molecular weight excluding hydrogens is 296 g/mol. The Morgan fingerprint density at radius 2 is 2.23 bits per heavy atom. The van der Waals surface area contributed by atoms with Gasteiger partial charge in [-0.05, 0) is 24.6 Å². The van der Waals surface area contributed by atoms with Gasteiger partial charge in [-0.1, -0.05) is 36.8 Å². The molecule has 0 aliphatic carbocycles. The third-order valence-electron chi connectivity index (χ3n) is 3.35. The molecule has 0 saturated heterocycles. The van der Waals surface area contributed by atoms with Crippen LogP contribution in [0, 0.1) is 6.54 Å². The van der Waals surface area contributed by atoms with Gasteiger partial charge in [-0.15, -0.1) is 0 Å². The van der Waals surface area contributed by atoms with Crippen molar-refractivity contribution >= 4 is 32.6 Å². The lowest BCUT2D eigenvalue weighted by Crippen LogP contribution is -2.43. The lowest BCUT2D eigenvalue weighted by Gasteiger charge is -2.25. The van der Waals surface area contributed by atoms with Gasteiger partial charge in [0, 0.05) is 12.7 Å². The first-order chi connectivity index (χ1) is 10.8. The van der Waals surface area contributed by atoms with Crippen LogP contribution in [0.25, 0.3) is 10.2 Å². The van der Waals surface area contributed by atoms with Gasteiger partial charge in [0.2, 0.25) is 5.96 Å². The lowest BCUT2D eigenvalue weighted by molar-refractivity contribution is 0.166.